The van der Waals surface area contributed by atoms with Gasteiger partial charge in [-0.05, 0) is 43.9 Å². The molecule has 3 amide bonds. The van der Waals surface area contributed by atoms with E-state index >= 15 is 0 Å². The molecule has 0 aromatic heterocycles. The second-order valence-electron chi connectivity index (χ2n) is 7.08. The van der Waals surface area contributed by atoms with Crippen LogP contribution >= 0.6 is 12.4 Å². The molecule has 0 saturated carbocycles. The number of hydrogen-bond donors (Lipinski definition) is 2. The third-order valence-electron chi connectivity index (χ3n) is 5.08. The molecule has 6 nitrogen and oxygen atoms in total. The Hall–Kier alpha value is -1.79. The molecule has 3 rings (SSSR count). The van der Waals surface area contributed by atoms with E-state index in [2.05, 4.69) is 10.6 Å². The van der Waals surface area contributed by atoms with Gasteiger partial charge in [0.15, 0.2) is 0 Å². The van der Waals surface area contributed by atoms with Gasteiger partial charge < -0.3 is 20.4 Å². The van der Waals surface area contributed by atoms with Gasteiger partial charge in [-0.3, -0.25) is 4.79 Å². The highest BCUT2D eigenvalue weighted by molar-refractivity contribution is 5.96. The van der Waals surface area contributed by atoms with Gasteiger partial charge in [-0.1, -0.05) is 6.07 Å². The van der Waals surface area contributed by atoms with Crippen molar-refractivity contribution in [2.75, 3.05) is 26.5 Å². The Balaban J connectivity index is 0.00000225. The van der Waals surface area contributed by atoms with Crippen LogP contribution in [0.5, 0.6) is 0 Å². The number of rotatable bonds is 3. The number of halogens is 1. The van der Waals surface area contributed by atoms with E-state index in [1.807, 2.05) is 11.9 Å². The highest BCUT2D eigenvalue weighted by atomic mass is 35.5. The van der Waals surface area contributed by atoms with Gasteiger partial charge in [-0.2, -0.15) is 0 Å². The molecule has 2 aliphatic rings. The number of urea groups is 1. The van der Waals surface area contributed by atoms with Crippen LogP contribution in [0.2, 0.25) is 0 Å². The van der Waals surface area contributed by atoms with E-state index in [0.717, 1.165) is 12.8 Å². The van der Waals surface area contributed by atoms with Crippen LogP contribution in [0.1, 0.15) is 36.0 Å². The Morgan fingerprint density at radius 2 is 1.76 bits per heavy atom. The second kappa shape index (κ2) is 8.06. The fourth-order valence-electron chi connectivity index (χ4n) is 3.68. The third kappa shape index (κ3) is 4.44. The number of amides is 3. The highest BCUT2D eigenvalue weighted by Gasteiger charge is 2.36. The lowest BCUT2D eigenvalue weighted by Crippen LogP contribution is -2.48. The van der Waals surface area contributed by atoms with E-state index in [0.29, 0.717) is 23.3 Å². The first-order valence-corrected chi connectivity index (χ1v) is 8.55. The number of carbonyl (C=O) groups excluding carboxylic acids is 2. The molecule has 25 heavy (non-hydrogen) atoms. The molecule has 0 spiro atoms. The van der Waals surface area contributed by atoms with Crippen molar-refractivity contribution >= 4 is 30.0 Å². The first-order chi connectivity index (χ1) is 11.4. The minimum Gasteiger partial charge on any atom is -0.339 e. The molecule has 1 aromatic rings. The van der Waals surface area contributed by atoms with Crippen molar-refractivity contribution in [2.24, 2.45) is 0 Å². The van der Waals surface area contributed by atoms with Gasteiger partial charge in [0.25, 0.3) is 5.91 Å². The van der Waals surface area contributed by atoms with Crippen LogP contribution < -0.4 is 10.6 Å². The molecule has 2 N–H and O–H groups in total. The van der Waals surface area contributed by atoms with Gasteiger partial charge in [0.1, 0.15) is 0 Å². The lowest BCUT2D eigenvalue weighted by Gasteiger charge is -2.35. The van der Waals surface area contributed by atoms with Crippen LogP contribution in [-0.2, 0) is 0 Å². The largest absolute Gasteiger partial charge is 0.339 e. The highest BCUT2D eigenvalue weighted by Crippen LogP contribution is 2.30. The second-order valence-corrected chi connectivity index (χ2v) is 7.08. The molecule has 2 atom stereocenters. The number of piperidine rings is 1. The molecular formula is C18H27ClN4O2. The number of anilines is 1. The number of fused-ring (bicyclic) bond motifs is 2. The van der Waals surface area contributed by atoms with Crippen LogP contribution in [-0.4, -0.2) is 61.0 Å². The van der Waals surface area contributed by atoms with Crippen LogP contribution in [0.4, 0.5) is 10.5 Å². The Kier molecular flexibility index (Phi) is 6.30. The predicted molar refractivity (Wildman–Crippen MR) is 101 cm³/mol. The van der Waals surface area contributed by atoms with Gasteiger partial charge >= 0.3 is 6.03 Å². The molecule has 2 fully saturated rings. The van der Waals surface area contributed by atoms with Crippen molar-refractivity contribution in [3.05, 3.63) is 29.8 Å². The van der Waals surface area contributed by atoms with Gasteiger partial charge in [0.05, 0.1) is 0 Å². The normalized spacial score (nSPS) is 24.2. The first kappa shape index (κ1) is 19.5. The molecule has 2 saturated heterocycles. The zero-order valence-electron chi connectivity index (χ0n) is 15.0. The van der Waals surface area contributed by atoms with Crippen molar-refractivity contribution in [1.29, 1.82) is 0 Å². The summed E-state index contributed by atoms with van der Waals surface area (Å²) in [5, 5.41) is 6.39. The molecule has 0 aliphatic carbocycles. The van der Waals surface area contributed by atoms with Crippen molar-refractivity contribution in [2.45, 2.75) is 43.8 Å². The SMILES string of the molecule is CN(C)C(=O)Nc1cccc(C(=O)N(C)C2CC3CCC(C2)N3)c1.Cl. The quantitative estimate of drug-likeness (QED) is 0.864. The van der Waals surface area contributed by atoms with E-state index < -0.39 is 0 Å². The van der Waals surface area contributed by atoms with Crippen molar-refractivity contribution in [1.82, 2.24) is 15.1 Å². The van der Waals surface area contributed by atoms with Crippen LogP contribution in [0.3, 0.4) is 0 Å². The Morgan fingerprint density at radius 3 is 2.36 bits per heavy atom. The molecule has 2 heterocycles. The summed E-state index contributed by atoms with van der Waals surface area (Å²) >= 11 is 0. The Morgan fingerprint density at radius 1 is 1.12 bits per heavy atom. The summed E-state index contributed by atoms with van der Waals surface area (Å²) in [5.74, 6) is 0.0160. The van der Waals surface area contributed by atoms with E-state index in [1.54, 1.807) is 38.4 Å². The van der Waals surface area contributed by atoms with Crippen molar-refractivity contribution in [3.63, 3.8) is 0 Å². The number of nitrogens with zero attached hydrogens (tertiary/aromatic N) is 2. The summed E-state index contributed by atoms with van der Waals surface area (Å²) in [7, 11) is 5.26. The third-order valence-corrected chi connectivity index (χ3v) is 5.08. The fraction of sp³-hybridized carbons (Fsp3) is 0.556. The molecule has 2 aliphatic heterocycles. The average molecular weight is 367 g/mol. The monoisotopic (exact) mass is 366 g/mol. The summed E-state index contributed by atoms with van der Waals surface area (Å²) in [5.41, 5.74) is 1.25. The number of nitrogens with one attached hydrogen (secondary N) is 2. The zero-order valence-corrected chi connectivity index (χ0v) is 15.8. The lowest BCUT2D eigenvalue weighted by atomic mass is 9.98. The maximum atomic E-state index is 12.8. The molecule has 2 bridgehead atoms. The maximum absolute atomic E-state index is 12.8. The lowest BCUT2D eigenvalue weighted by molar-refractivity contribution is 0.0681. The van der Waals surface area contributed by atoms with E-state index in [9.17, 15) is 9.59 Å². The van der Waals surface area contributed by atoms with Crippen LogP contribution in [0, 0.1) is 0 Å². The summed E-state index contributed by atoms with van der Waals surface area (Å²) in [6.45, 7) is 0. The molecular weight excluding hydrogens is 340 g/mol. The molecule has 7 heteroatoms. The first-order valence-electron chi connectivity index (χ1n) is 8.55. The van der Waals surface area contributed by atoms with Crippen LogP contribution in [0.15, 0.2) is 24.3 Å². The summed E-state index contributed by atoms with van der Waals surface area (Å²) in [6.07, 6.45) is 4.48. The summed E-state index contributed by atoms with van der Waals surface area (Å²) in [4.78, 5) is 27.9. The van der Waals surface area contributed by atoms with E-state index in [1.165, 1.54) is 17.7 Å². The molecule has 1 aromatic carbocycles. The van der Waals surface area contributed by atoms with Crippen LogP contribution in [0.25, 0.3) is 0 Å². The van der Waals surface area contributed by atoms with Crippen molar-refractivity contribution < 1.29 is 9.59 Å². The number of carbonyl (C=O) groups is 2. The van der Waals surface area contributed by atoms with Gasteiger partial charge in [-0.25, -0.2) is 4.79 Å². The summed E-state index contributed by atoms with van der Waals surface area (Å²) in [6, 6.07) is 8.33. The standard InChI is InChI=1S/C18H26N4O2.ClH/c1-21(2)18(24)20-13-6-4-5-12(9-13)17(23)22(3)16-10-14-7-8-15(11-16)19-14;/h4-6,9,14-16,19H,7-8,10-11H2,1-3H3,(H,20,24);1H. The number of hydrogen-bond acceptors (Lipinski definition) is 3. The predicted octanol–water partition coefficient (Wildman–Crippen LogP) is 2.56. The fourth-order valence-corrected chi connectivity index (χ4v) is 3.68. The topological polar surface area (TPSA) is 64.7 Å². The summed E-state index contributed by atoms with van der Waals surface area (Å²) < 4.78 is 0. The maximum Gasteiger partial charge on any atom is 0.321 e. The smallest absolute Gasteiger partial charge is 0.321 e. The van der Waals surface area contributed by atoms with Gasteiger partial charge in [0.2, 0.25) is 0 Å². The van der Waals surface area contributed by atoms with E-state index in [4.69, 9.17) is 0 Å². The molecule has 138 valence electrons. The average Bonchev–Trinajstić information content (AvgIpc) is 2.91. The Labute approximate surface area is 155 Å². The minimum atomic E-state index is -0.206. The Bertz CT molecular complexity index is 625. The minimum absolute atomic E-state index is 0. The van der Waals surface area contributed by atoms with Crippen molar-refractivity contribution in [3.8, 4) is 0 Å². The van der Waals surface area contributed by atoms with Gasteiger partial charge in [0, 0.05) is 50.5 Å². The zero-order chi connectivity index (χ0) is 17.3. The number of benzene rings is 1. The molecule has 2 unspecified atom stereocenters. The van der Waals surface area contributed by atoms with Gasteiger partial charge in [-0.15, -0.1) is 12.4 Å². The molecule has 0 radical (unpaired) electrons. The van der Waals surface area contributed by atoms with E-state index in [-0.39, 0.29) is 30.4 Å².